The largest absolute Gasteiger partial charge is 0.469 e. The molecule has 0 unspecified atom stereocenters. The molecule has 5 nitrogen and oxygen atoms in total. The lowest BCUT2D eigenvalue weighted by atomic mass is 10.2. The second-order valence-electron chi connectivity index (χ2n) is 4.22. The average molecular weight is 276 g/mol. The number of unbranched alkanes of at least 4 members (excludes halogenated alkanes) is 3. The number of hydrogen-bond donors (Lipinski definition) is 0. The van der Waals surface area contributed by atoms with Crippen LogP contribution in [0.1, 0.15) is 39.0 Å². The number of hydrogen-bond acceptors (Lipinski definition) is 5. The molecule has 0 atom stereocenters. The maximum absolute atomic E-state index is 10.8. The van der Waals surface area contributed by atoms with E-state index < -0.39 is 0 Å². The first-order chi connectivity index (χ1) is 9.31. The van der Waals surface area contributed by atoms with Crippen LogP contribution in [0, 0.1) is 0 Å². The summed E-state index contributed by atoms with van der Waals surface area (Å²) in [6, 6.07) is 0. The summed E-state index contributed by atoms with van der Waals surface area (Å²) in [4.78, 5) is 10.8. The highest BCUT2D eigenvalue weighted by molar-refractivity contribution is 5.69. The van der Waals surface area contributed by atoms with Gasteiger partial charge < -0.3 is 18.9 Å². The van der Waals surface area contributed by atoms with Crippen LogP contribution in [0.3, 0.4) is 0 Å². The maximum Gasteiger partial charge on any atom is 0.307 e. The molecule has 5 heteroatoms. The quantitative estimate of drug-likeness (QED) is 0.359. The van der Waals surface area contributed by atoms with Gasteiger partial charge >= 0.3 is 5.97 Å². The first-order valence-electron chi connectivity index (χ1n) is 7.11. The predicted octanol–water partition coefficient (Wildman–Crippen LogP) is 2.18. The Morgan fingerprint density at radius 3 is 1.95 bits per heavy atom. The topological polar surface area (TPSA) is 54.0 Å². The third-order valence-corrected chi connectivity index (χ3v) is 2.56. The molecule has 0 heterocycles. The van der Waals surface area contributed by atoms with Crippen LogP contribution in [0.15, 0.2) is 0 Å². The van der Waals surface area contributed by atoms with Gasteiger partial charge in [0.25, 0.3) is 0 Å². The van der Waals surface area contributed by atoms with Crippen molar-refractivity contribution in [2.24, 2.45) is 0 Å². The Hall–Kier alpha value is -0.650. The summed E-state index contributed by atoms with van der Waals surface area (Å²) in [7, 11) is 1.37. The molecule has 0 aromatic rings. The van der Waals surface area contributed by atoms with Crippen LogP contribution in [-0.2, 0) is 23.7 Å². The van der Waals surface area contributed by atoms with E-state index in [0.717, 1.165) is 13.0 Å². The van der Waals surface area contributed by atoms with E-state index in [4.69, 9.17) is 14.2 Å². The highest BCUT2D eigenvalue weighted by Crippen LogP contribution is 1.98. The van der Waals surface area contributed by atoms with Gasteiger partial charge in [0.15, 0.2) is 0 Å². The van der Waals surface area contributed by atoms with Crippen molar-refractivity contribution in [1.29, 1.82) is 0 Å². The molecule has 0 fully saturated rings. The van der Waals surface area contributed by atoms with E-state index >= 15 is 0 Å². The molecule has 0 bridgehead atoms. The molecule has 0 aliphatic rings. The second-order valence-corrected chi connectivity index (χ2v) is 4.22. The average Bonchev–Trinajstić information content (AvgIpc) is 2.43. The molecule has 0 saturated carbocycles. The molecule has 0 N–H and O–H groups in total. The SMILES string of the molecule is CCCCCCOCCOCCOCCC(=O)OC. The Kier molecular flexibility index (Phi) is 14.9. The monoisotopic (exact) mass is 276 g/mol. The summed E-state index contributed by atoms with van der Waals surface area (Å²) in [5.74, 6) is -0.252. The van der Waals surface area contributed by atoms with Gasteiger partial charge in [-0.05, 0) is 6.42 Å². The number of ether oxygens (including phenoxy) is 4. The lowest BCUT2D eigenvalue weighted by Crippen LogP contribution is -2.12. The van der Waals surface area contributed by atoms with Gasteiger partial charge in [0.2, 0.25) is 0 Å². The maximum atomic E-state index is 10.8. The molecule has 0 spiro atoms. The van der Waals surface area contributed by atoms with Crippen LogP contribution < -0.4 is 0 Å². The molecule has 114 valence electrons. The lowest BCUT2D eigenvalue weighted by molar-refractivity contribution is -0.141. The highest BCUT2D eigenvalue weighted by atomic mass is 16.5. The van der Waals surface area contributed by atoms with Crippen LogP contribution in [0.4, 0.5) is 0 Å². The Morgan fingerprint density at radius 1 is 0.789 bits per heavy atom. The fraction of sp³-hybridized carbons (Fsp3) is 0.929. The minimum absolute atomic E-state index is 0.252. The standard InChI is InChI=1S/C14H28O5/c1-3-4-5-6-8-17-10-12-19-13-11-18-9-7-14(15)16-2/h3-13H2,1-2H3. The van der Waals surface area contributed by atoms with Gasteiger partial charge in [0, 0.05) is 6.61 Å². The summed E-state index contributed by atoms with van der Waals surface area (Å²) in [5, 5.41) is 0. The van der Waals surface area contributed by atoms with Gasteiger partial charge in [-0.2, -0.15) is 0 Å². The fourth-order valence-corrected chi connectivity index (χ4v) is 1.43. The molecular formula is C14H28O5. The van der Waals surface area contributed by atoms with E-state index in [1.165, 1.54) is 26.4 Å². The normalized spacial score (nSPS) is 10.6. The van der Waals surface area contributed by atoms with Gasteiger partial charge in [-0.25, -0.2) is 0 Å². The van der Waals surface area contributed by atoms with E-state index in [0.29, 0.717) is 33.0 Å². The lowest BCUT2D eigenvalue weighted by Gasteiger charge is -2.06. The van der Waals surface area contributed by atoms with Gasteiger partial charge in [-0.1, -0.05) is 26.2 Å². The molecule has 0 aromatic heterocycles. The summed E-state index contributed by atoms with van der Waals surface area (Å²) in [5.41, 5.74) is 0. The van der Waals surface area contributed by atoms with Gasteiger partial charge in [-0.15, -0.1) is 0 Å². The van der Waals surface area contributed by atoms with E-state index in [9.17, 15) is 4.79 Å². The highest BCUT2D eigenvalue weighted by Gasteiger charge is 1.98. The van der Waals surface area contributed by atoms with Gasteiger partial charge in [-0.3, -0.25) is 4.79 Å². The molecule has 0 radical (unpaired) electrons. The number of methoxy groups -OCH3 is 1. The minimum atomic E-state index is -0.252. The third kappa shape index (κ3) is 15.3. The van der Waals surface area contributed by atoms with Gasteiger partial charge in [0.1, 0.15) is 0 Å². The van der Waals surface area contributed by atoms with Crippen LogP contribution in [0.5, 0.6) is 0 Å². The van der Waals surface area contributed by atoms with Crippen molar-refractivity contribution in [1.82, 2.24) is 0 Å². The van der Waals surface area contributed by atoms with Crippen molar-refractivity contribution < 1.29 is 23.7 Å². The van der Waals surface area contributed by atoms with Crippen molar-refractivity contribution in [3.63, 3.8) is 0 Å². The van der Waals surface area contributed by atoms with Crippen molar-refractivity contribution in [2.45, 2.75) is 39.0 Å². The first-order valence-corrected chi connectivity index (χ1v) is 7.11. The van der Waals surface area contributed by atoms with Crippen molar-refractivity contribution in [3.8, 4) is 0 Å². The van der Waals surface area contributed by atoms with Gasteiger partial charge in [0.05, 0.1) is 46.6 Å². The zero-order chi connectivity index (χ0) is 14.2. The summed E-state index contributed by atoms with van der Waals surface area (Å²) in [6.07, 6.45) is 5.19. The van der Waals surface area contributed by atoms with Crippen LogP contribution in [0.2, 0.25) is 0 Å². The molecule has 0 rings (SSSR count). The van der Waals surface area contributed by atoms with Crippen molar-refractivity contribution in [3.05, 3.63) is 0 Å². The number of esters is 1. The molecule has 0 amide bonds. The number of carbonyl (C=O) groups excluding carboxylic acids is 1. The van der Waals surface area contributed by atoms with E-state index in [-0.39, 0.29) is 12.4 Å². The zero-order valence-electron chi connectivity index (χ0n) is 12.3. The summed E-state index contributed by atoms with van der Waals surface area (Å²) < 4.78 is 20.5. The Morgan fingerprint density at radius 2 is 1.37 bits per heavy atom. The summed E-state index contributed by atoms with van der Waals surface area (Å²) in [6.45, 7) is 5.64. The Labute approximate surface area is 116 Å². The molecule has 0 aliphatic carbocycles. The summed E-state index contributed by atoms with van der Waals surface area (Å²) >= 11 is 0. The van der Waals surface area contributed by atoms with E-state index in [1.54, 1.807) is 0 Å². The third-order valence-electron chi connectivity index (χ3n) is 2.56. The second kappa shape index (κ2) is 15.4. The Balaban J connectivity index is 2.97. The molecule has 0 aromatic carbocycles. The molecule has 0 aliphatic heterocycles. The fourth-order valence-electron chi connectivity index (χ4n) is 1.43. The van der Waals surface area contributed by atoms with Crippen LogP contribution in [-0.4, -0.2) is 52.7 Å². The minimum Gasteiger partial charge on any atom is -0.469 e. The molecular weight excluding hydrogens is 248 g/mol. The smallest absolute Gasteiger partial charge is 0.307 e. The number of rotatable bonds is 14. The van der Waals surface area contributed by atoms with E-state index in [2.05, 4.69) is 11.7 Å². The molecule has 0 saturated heterocycles. The van der Waals surface area contributed by atoms with Crippen LogP contribution in [0.25, 0.3) is 0 Å². The zero-order valence-corrected chi connectivity index (χ0v) is 12.3. The predicted molar refractivity (Wildman–Crippen MR) is 73.2 cm³/mol. The van der Waals surface area contributed by atoms with E-state index in [1.807, 2.05) is 0 Å². The van der Waals surface area contributed by atoms with Crippen molar-refractivity contribution >= 4 is 5.97 Å². The van der Waals surface area contributed by atoms with Crippen molar-refractivity contribution in [2.75, 3.05) is 46.8 Å². The Bertz CT molecular complexity index is 196. The number of carbonyl (C=O) groups is 1. The van der Waals surface area contributed by atoms with Crippen LogP contribution >= 0.6 is 0 Å². The first kappa shape index (κ1) is 18.4. The molecule has 19 heavy (non-hydrogen) atoms.